The van der Waals surface area contributed by atoms with Gasteiger partial charge in [0.2, 0.25) is 0 Å². The van der Waals surface area contributed by atoms with E-state index in [0.29, 0.717) is 17.9 Å². The highest BCUT2D eigenvalue weighted by Gasteiger charge is 2.32. The van der Waals surface area contributed by atoms with Gasteiger partial charge in [-0.05, 0) is 63.5 Å². The maximum atomic E-state index is 13.6. The summed E-state index contributed by atoms with van der Waals surface area (Å²) in [6.07, 6.45) is 1.75. The smallest absolute Gasteiger partial charge is 0.253 e. The number of H-pyrrole nitrogens is 1. The number of rotatable bonds is 9. The Hall–Kier alpha value is -4.14. The van der Waals surface area contributed by atoms with Crippen LogP contribution in [0.4, 0.5) is 0 Å². The molecule has 2 aromatic heterocycles. The zero-order valence-electron chi connectivity index (χ0n) is 22.9. The van der Waals surface area contributed by atoms with Gasteiger partial charge in [-0.2, -0.15) is 0 Å². The van der Waals surface area contributed by atoms with Crippen molar-refractivity contribution in [3.05, 3.63) is 123 Å². The third-order valence-electron chi connectivity index (χ3n) is 7.92. The Bertz CT molecular complexity index is 1610. The predicted molar refractivity (Wildman–Crippen MR) is 157 cm³/mol. The van der Waals surface area contributed by atoms with E-state index in [2.05, 4.69) is 91.8 Å². The van der Waals surface area contributed by atoms with Crippen LogP contribution in [-0.4, -0.2) is 61.2 Å². The first kappa shape index (κ1) is 26.1. The Morgan fingerprint density at radius 3 is 2.30 bits per heavy atom. The second-order valence-corrected chi connectivity index (χ2v) is 10.5. The molecule has 0 saturated carbocycles. The van der Waals surface area contributed by atoms with E-state index in [1.54, 1.807) is 0 Å². The van der Waals surface area contributed by atoms with E-state index in [-0.39, 0.29) is 11.6 Å². The number of hydrogen-bond donors (Lipinski definition) is 1. The molecule has 6 rings (SSSR count). The summed E-state index contributed by atoms with van der Waals surface area (Å²) in [5.74, 6) is 0.712. The molecule has 1 fully saturated rings. The van der Waals surface area contributed by atoms with E-state index in [1.807, 2.05) is 35.0 Å². The van der Waals surface area contributed by atoms with E-state index in [1.165, 1.54) is 16.7 Å². The Kier molecular flexibility index (Phi) is 7.79. The van der Waals surface area contributed by atoms with Crippen molar-refractivity contribution in [1.29, 1.82) is 0 Å². The molecule has 1 N–H and O–H groups in total. The molecular weight excluding hydrogens is 498 g/mol. The lowest BCUT2D eigenvalue weighted by Gasteiger charge is -2.38. The first-order chi connectivity index (χ1) is 19.7. The molecule has 0 unspecified atom stereocenters. The lowest BCUT2D eigenvalue weighted by atomic mass is 10.0. The van der Waals surface area contributed by atoms with Crippen molar-refractivity contribution < 1.29 is 0 Å². The van der Waals surface area contributed by atoms with E-state index >= 15 is 0 Å². The van der Waals surface area contributed by atoms with E-state index in [4.69, 9.17) is 0 Å². The van der Waals surface area contributed by atoms with Crippen molar-refractivity contribution in [1.82, 2.24) is 35.0 Å². The van der Waals surface area contributed by atoms with Crippen LogP contribution in [-0.2, 0) is 25.9 Å². The molecule has 1 saturated heterocycles. The fourth-order valence-corrected chi connectivity index (χ4v) is 5.66. The molecular formula is C32H35N7O. The number of piperazine rings is 1. The molecule has 204 valence electrons. The number of tetrazole rings is 1. The molecule has 5 aromatic rings. The van der Waals surface area contributed by atoms with Crippen LogP contribution in [0.2, 0.25) is 0 Å². The fraction of sp³-hybridized carbons (Fsp3) is 0.312. The molecule has 0 aliphatic carbocycles. The quantitative estimate of drug-likeness (QED) is 0.305. The topological polar surface area (TPSA) is 82.9 Å². The normalized spacial score (nSPS) is 15.4. The van der Waals surface area contributed by atoms with Crippen LogP contribution < -0.4 is 5.56 Å². The fourth-order valence-electron chi connectivity index (χ4n) is 5.66. The van der Waals surface area contributed by atoms with Gasteiger partial charge in [-0.3, -0.25) is 14.6 Å². The lowest BCUT2D eigenvalue weighted by Crippen LogP contribution is -2.48. The standard InChI is InChI=1S/C32H35N7O/c1-2-24-13-14-29-27(21-24)22-28(32(40)33-29)30(31-34-35-36-39(31)16-15-25-9-5-3-6-10-25)38-19-17-37(18-20-38)23-26-11-7-4-8-12-26/h3-14,21-22,30H,2,15-20,23H2,1H3,(H,33,40)/t30-/m0/s1. The van der Waals surface area contributed by atoms with Gasteiger partial charge in [0, 0.05) is 50.3 Å². The van der Waals surface area contributed by atoms with Crippen molar-refractivity contribution in [2.75, 3.05) is 26.2 Å². The summed E-state index contributed by atoms with van der Waals surface area (Å²) in [6, 6.07) is 28.9. The number of nitrogens with one attached hydrogen (secondary N) is 1. The second-order valence-electron chi connectivity index (χ2n) is 10.5. The molecule has 1 aliphatic rings. The molecule has 3 heterocycles. The minimum absolute atomic E-state index is 0.0916. The molecule has 0 bridgehead atoms. The maximum Gasteiger partial charge on any atom is 0.253 e. The third-order valence-corrected chi connectivity index (χ3v) is 7.92. The zero-order valence-corrected chi connectivity index (χ0v) is 22.9. The summed E-state index contributed by atoms with van der Waals surface area (Å²) in [4.78, 5) is 21.6. The maximum absolute atomic E-state index is 13.6. The van der Waals surface area contributed by atoms with Gasteiger partial charge in [0.1, 0.15) is 6.04 Å². The van der Waals surface area contributed by atoms with Gasteiger partial charge < -0.3 is 4.98 Å². The summed E-state index contributed by atoms with van der Waals surface area (Å²) in [5.41, 5.74) is 5.23. The molecule has 0 radical (unpaired) electrons. The van der Waals surface area contributed by atoms with Crippen LogP contribution in [0.25, 0.3) is 10.9 Å². The second kappa shape index (κ2) is 11.9. The summed E-state index contributed by atoms with van der Waals surface area (Å²) in [6.45, 7) is 7.15. The van der Waals surface area contributed by atoms with Crippen LogP contribution in [0.3, 0.4) is 0 Å². The van der Waals surface area contributed by atoms with Crippen molar-refractivity contribution in [2.45, 2.75) is 38.9 Å². The van der Waals surface area contributed by atoms with E-state index in [0.717, 1.165) is 56.5 Å². The molecule has 8 nitrogen and oxygen atoms in total. The van der Waals surface area contributed by atoms with E-state index in [9.17, 15) is 4.79 Å². The number of aryl methyl sites for hydroxylation is 3. The molecule has 0 spiro atoms. The van der Waals surface area contributed by atoms with Crippen LogP contribution in [0.15, 0.2) is 89.7 Å². The predicted octanol–water partition coefficient (Wildman–Crippen LogP) is 4.23. The number of benzene rings is 3. The Labute approximate surface area is 234 Å². The van der Waals surface area contributed by atoms with Crippen molar-refractivity contribution >= 4 is 10.9 Å². The highest BCUT2D eigenvalue weighted by Crippen LogP contribution is 2.28. The Morgan fingerprint density at radius 2 is 1.57 bits per heavy atom. The van der Waals surface area contributed by atoms with Crippen LogP contribution in [0.5, 0.6) is 0 Å². The number of fused-ring (bicyclic) bond motifs is 1. The number of aromatic nitrogens is 5. The highest BCUT2D eigenvalue weighted by molar-refractivity contribution is 5.80. The van der Waals surface area contributed by atoms with E-state index < -0.39 is 0 Å². The lowest BCUT2D eigenvalue weighted by molar-refractivity contribution is 0.0996. The first-order valence-electron chi connectivity index (χ1n) is 14.1. The average Bonchev–Trinajstić information content (AvgIpc) is 3.46. The van der Waals surface area contributed by atoms with Gasteiger partial charge in [-0.1, -0.05) is 73.7 Å². The Balaban J connectivity index is 1.32. The van der Waals surface area contributed by atoms with Gasteiger partial charge in [0.25, 0.3) is 5.56 Å². The van der Waals surface area contributed by atoms with Crippen molar-refractivity contribution in [2.24, 2.45) is 0 Å². The highest BCUT2D eigenvalue weighted by atomic mass is 16.1. The van der Waals surface area contributed by atoms with Gasteiger partial charge in [-0.25, -0.2) is 4.68 Å². The number of hydrogen-bond acceptors (Lipinski definition) is 6. The molecule has 8 heteroatoms. The molecule has 3 aromatic carbocycles. The minimum atomic E-state index is -0.344. The summed E-state index contributed by atoms with van der Waals surface area (Å²) in [7, 11) is 0. The van der Waals surface area contributed by atoms with Crippen molar-refractivity contribution in [3.8, 4) is 0 Å². The average molecular weight is 534 g/mol. The molecule has 1 atom stereocenters. The number of pyridine rings is 1. The van der Waals surface area contributed by atoms with Crippen LogP contribution in [0, 0.1) is 0 Å². The SMILES string of the molecule is CCc1ccc2[nH]c(=O)c([C@@H](c3nnnn3CCc3ccccc3)N3CCN(Cc4ccccc4)CC3)cc2c1. The summed E-state index contributed by atoms with van der Waals surface area (Å²) >= 11 is 0. The van der Waals surface area contributed by atoms with Crippen LogP contribution in [0.1, 0.15) is 41.0 Å². The van der Waals surface area contributed by atoms with Crippen molar-refractivity contribution in [3.63, 3.8) is 0 Å². The molecule has 0 amide bonds. The van der Waals surface area contributed by atoms with Gasteiger partial charge in [0.15, 0.2) is 5.82 Å². The molecule has 1 aliphatic heterocycles. The largest absolute Gasteiger partial charge is 0.322 e. The first-order valence-corrected chi connectivity index (χ1v) is 14.1. The molecule has 40 heavy (non-hydrogen) atoms. The number of nitrogens with zero attached hydrogens (tertiary/aromatic N) is 6. The summed E-state index contributed by atoms with van der Waals surface area (Å²) in [5, 5.41) is 14.0. The number of aromatic amines is 1. The minimum Gasteiger partial charge on any atom is -0.322 e. The van der Waals surface area contributed by atoms with Crippen LogP contribution >= 0.6 is 0 Å². The van der Waals surface area contributed by atoms with Gasteiger partial charge >= 0.3 is 0 Å². The monoisotopic (exact) mass is 533 g/mol. The third kappa shape index (κ3) is 5.73. The summed E-state index contributed by atoms with van der Waals surface area (Å²) < 4.78 is 1.88. The van der Waals surface area contributed by atoms with Gasteiger partial charge in [-0.15, -0.1) is 5.10 Å². The van der Waals surface area contributed by atoms with Gasteiger partial charge in [0.05, 0.1) is 0 Å². The zero-order chi connectivity index (χ0) is 27.3. The Morgan fingerprint density at radius 1 is 0.850 bits per heavy atom.